The number of rotatable bonds is 11. The van der Waals surface area contributed by atoms with Crippen LogP contribution in [0.25, 0.3) is 80.9 Å². The molecule has 0 atom stereocenters. The second-order valence-electron chi connectivity index (χ2n) is 23.2. The first-order chi connectivity index (χ1) is 52.8. The quantitative estimate of drug-likeness (QED) is 0.0153. The molecule has 0 unspecified atom stereocenters. The molecular weight excluding hydrogens is 1430 g/mol. The van der Waals surface area contributed by atoms with E-state index in [1.807, 2.05) is 129 Å². The molecule has 5 N–H and O–H groups in total. The van der Waals surface area contributed by atoms with Crippen LogP contribution in [0.2, 0.25) is 19.6 Å². The fraction of sp³-hybridized carbons (Fsp3) is 0.163. The summed E-state index contributed by atoms with van der Waals surface area (Å²) in [6.45, 7) is 8.06. The van der Waals surface area contributed by atoms with Crippen molar-refractivity contribution in [3.8, 4) is 52.0 Å². The first kappa shape index (κ1) is 87.3. The van der Waals surface area contributed by atoms with Crippen molar-refractivity contribution in [3.05, 3.63) is 271 Å². The number of carboxylic acids is 2. The topological polar surface area (TPSA) is 399 Å². The zero-order valence-electron chi connectivity index (χ0n) is 62.0. The summed E-state index contributed by atoms with van der Waals surface area (Å²) in [5.41, 5.74) is 13.5. The van der Waals surface area contributed by atoms with E-state index in [0.717, 1.165) is 106 Å². The maximum atomic E-state index is 11.0. The van der Waals surface area contributed by atoms with E-state index in [4.69, 9.17) is 64.3 Å². The maximum absolute atomic E-state index is 11.0. The third-order valence-corrected chi connectivity index (χ3v) is 15.8. The summed E-state index contributed by atoms with van der Waals surface area (Å²) in [7, 11) is 8.36. The monoisotopic (exact) mass is 1510 g/mol. The van der Waals surface area contributed by atoms with E-state index in [9.17, 15) is 19.9 Å². The number of phenolic OH excluding ortho intramolecular Hbond substituents is 1. The van der Waals surface area contributed by atoms with E-state index in [0.29, 0.717) is 33.7 Å². The number of pyridine rings is 7. The predicted molar refractivity (Wildman–Crippen MR) is 420 cm³/mol. The van der Waals surface area contributed by atoms with Gasteiger partial charge in [-0.05, 0) is 97.8 Å². The number of aromatic nitrogens is 7. The molecule has 8 heterocycles. The zero-order chi connectivity index (χ0) is 78.9. The molecule has 1 fully saturated rings. The van der Waals surface area contributed by atoms with Gasteiger partial charge in [-0.2, -0.15) is 9.99 Å². The van der Waals surface area contributed by atoms with Gasteiger partial charge in [0.05, 0.1) is 53.3 Å². The van der Waals surface area contributed by atoms with Gasteiger partial charge < -0.3 is 64.8 Å². The summed E-state index contributed by atoms with van der Waals surface area (Å²) < 4.78 is 36.8. The van der Waals surface area contributed by atoms with Gasteiger partial charge in [0.2, 0.25) is 0 Å². The van der Waals surface area contributed by atoms with Crippen LogP contribution in [0.3, 0.4) is 0 Å². The van der Waals surface area contributed by atoms with Gasteiger partial charge in [0.25, 0.3) is 0 Å². The number of phenols is 1. The Hall–Kier alpha value is -13.3. The Labute approximate surface area is 656 Å². The van der Waals surface area contributed by atoms with Gasteiger partial charge in [0.15, 0.2) is 31.9 Å². The molecular formula is C80H79N14NaO14Si. The number of methoxy groups -OCH3 is 6. The summed E-state index contributed by atoms with van der Waals surface area (Å²) >= 11 is 0. The molecule has 15 rings (SSSR count). The number of nitroso groups, excluding NO2 is 1. The SMILES string of the molecule is C1CCOC1.COc1cccc2c(C#N)nccc12.COc1cccc2c(C(=O)O)nccc12.COc1cccc2c(C(=O)O)nccc12.COc1cccc2c[n+]([O-])ccc12.COc1cccc2cnccc12.COc1cccc2cnccc12.C[Si](C)(C)C#N.Oc1cccc2cnccc12.[N-]=NNNN=O.[Na+]. The van der Waals surface area contributed by atoms with Crippen LogP contribution in [0.5, 0.6) is 40.2 Å². The zero-order valence-corrected chi connectivity index (χ0v) is 65.0. The van der Waals surface area contributed by atoms with E-state index < -0.39 is 20.0 Å². The molecule has 0 radical (unpaired) electrons. The average molecular weight is 1510 g/mol. The Morgan fingerprint density at radius 1 is 0.491 bits per heavy atom. The van der Waals surface area contributed by atoms with E-state index >= 15 is 0 Å². The van der Waals surface area contributed by atoms with Crippen molar-refractivity contribution in [1.82, 2.24) is 41.0 Å². The number of hydrazine groups is 1. The second kappa shape index (κ2) is 46.6. The van der Waals surface area contributed by atoms with E-state index in [1.54, 1.807) is 158 Å². The van der Waals surface area contributed by atoms with E-state index in [-0.39, 0.29) is 40.9 Å². The molecule has 1 saturated heterocycles. The molecule has 28 nitrogen and oxygen atoms in total. The number of hydrogen-bond donors (Lipinski definition) is 5. The summed E-state index contributed by atoms with van der Waals surface area (Å²) in [4.78, 5) is 54.4. The number of nitriles is 2. The van der Waals surface area contributed by atoms with Crippen LogP contribution >= 0.6 is 0 Å². The molecule has 0 amide bonds. The Balaban J connectivity index is 0.000000222. The van der Waals surface area contributed by atoms with Crippen LogP contribution in [-0.2, 0) is 4.74 Å². The van der Waals surface area contributed by atoms with Crippen molar-refractivity contribution in [2.24, 2.45) is 10.5 Å². The summed E-state index contributed by atoms with van der Waals surface area (Å²) in [6, 6.07) is 53.8. The van der Waals surface area contributed by atoms with Crippen LogP contribution in [-0.4, -0.2) is 121 Å². The summed E-state index contributed by atoms with van der Waals surface area (Å²) in [5, 5.41) is 72.1. The number of nitrogens with one attached hydrogen (secondary N) is 2. The minimum atomic E-state index is -1.33. The minimum Gasteiger partial charge on any atom is -0.619 e. The molecule has 558 valence electrons. The molecule has 1 aliphatic heterocycles. The van der Waals surface area contributed by atoms with Crippen LogP contribution in [0.4, 0.5) is 0 Å². The number of nitrogens with zero attached hydrogens (tertiary/aromatic N) is 12. The van der Waals surface area contributed by atoms with Gasteiger partial charge >= 0.3 is 41.5 Å². The van der Waals surface area contributed by atoms with Crippen LogP contribution in [0, 0.1) is 32.4 Å². The van der Waals surface area contributed by atoms with E-state index in [1.165, 1.54) is 37.6 Å². The fourth-order valence-corrected chi connectivity index (χ4v) is 10.1. The Morgan fingerprint density at radius 3 is 1.19 bits per heavy atom. The second-order valence-corrected chi connectivity index (χ2v) is 27.9. The third kappa shape index (κ3) is 26.3. The number of benzene rings is 7. The number of fused-ring (bicyclic) bond motifs is 7. The Bertz CT molecular complexity index is 5190. The molecule has 7 aromatic carbocycles. The number of carboxylic acid groups (broad SMARTS) is 2. The summed E-state index contributed by atoms with van der Waals surface area (Å²) in [5.74, 6) is 2.90. The van der Waals surface area contributed by atoms with Crippen LogP contribution in [0.1, 0.15) is 39.5 Å². The molecule has 7 aromatic heterocycles. The van der Waals surface area contributed by atoms with Gasteiger partial charge in [-0.15, -0.1) is 4.91 Å². The van der Waals surface area contributed by atoms with Crippen LogP contribution < -0.4 is 73.8 Å². The van der Waals surface area contributed by atoms with Gasteiger partial charge in [0, 0.05) is 151 Å². The van der Waals surface area contributed by atoms with Crippen molar-refractivity contribution in [3.63, 3.8) is 0 Å². The molecule has 0 bridgehead atoms. The molecule has 1 aliphatic rings. The van der Waals surface area contributed by atoms with E-state index in [2.05, 4.69) is 52.2 Å². The first-order valence-electron chi connectivity index (χ1n) is 33.0. The van der Waals surface area contributed by atoms with Crippen molar-refractivity contribution < 1.29 is 92.4 Å². The number of carbonyl (C=O) groups is 2. The van der Waals surface area contributed by atoms with Gasteiger partial charge in [-0.25, -0.2) is 35.3 Å². The first-order valence-corrected chi connectivity index (χ1v) is 36.5. The Kier molecular flexibility index (Phi) is 37.0. The number of hydrogen-bond acceptors (Lipinski definition) is 22. The smallest absolute Gasteiger partial charge is 0.619 e. The molecule has 0 spiro atoms. The Morgan fingerprint density at radius 2 is 0.836 bits per heavy atom. The molecule has 0 saturated carbocycles. The van der Waals surface area contributed by atoms with Crippen molar-refractivity contribution >= 4 is 95.4 Å². The van der Waals surface area contributed by atoms with Crippen molar-refractivity contribution in [2.75, 3.05) is 55.9 Å². The molecule has 0 aliphatic carbocycles. The third-order valence-electron chi connectivity index (χ3n) is 15.1. The predicted octanol–water partition coefficient (Wildman–Crippen LogP) is 12.8. The summed E-state index contributed by atoms with van der Waals surface area (Å²) in [6.07, 6.45) is 20.7. The minimum absolute atomic E-state index is 0. The maximum Gasteiger partial charge on any atom is 1.00 e. The molecule has 110 heavy (non-hydrogen) atoms. The van der Waals surface area contributed by atoms with Gasteiger partial charge in [-0.1, -0.05) is 98.5 Å². The van der Waals surface area contributed by atoms with Crippen LogP contribution in [0.15, 0.2) is 249 Å². The normalized spacial score (nSPS) is 10.4. The molecule has 14 aromatic rings. The average Bonchev–Trinajstić information content (AvgIpc) is 0.988. The number of ether oxygens (including phenoxy) is 7. The fourth-order valence-electron chi connectivity index (χ4n) is 10.1. The van der Waals surface area contributed by atoms with Crippen molar-refractivity contribution in [1.29, 1.82) is 10.5 Å². The number of aromatic hydroxyl groups is 1. The largest absolute Gasteiger partial charge is 1.00 e. The number of aromatic carboxylic acids is 2. The molecule has 30 heteroatoms. The van der Waals surface area contributed by atoms with Crippen molar-refractivity contribution in [2.45, 2.75) is 32.5 Å². The standard InChI is InChI=1S/C11H8N2O.2C11H9NO3.C10H9NO2.2C10H9NO.C9H7NO.C4H9NSi.C4H8O.H2N5O.Na/c1-14-11-4-2-3-8-9(11)5-6-13-10(8)7-12;2*1-15-9-4-2-3-8-7(9)5-6-12-10(8)11(13)14;1-13-10-4-2-3-8-7-11(12)6-5-9(8)10;2*1-12-10-4-2-3-8-7-11-6-5-9(8)10;11-9-3-1-2-7-6-10-5-4-8(7)9;1-6(2,3)4-5;1-2-4-5-3-1;1-2-3-4-5-6;/h2-6H,1H3;2*2-6H,1H3,(H,13,14);2-7H,1H3;2*2-7H,1H3;1-6,11H;1-3H3;1-4H2;(H2-,1,2,3,4,5,6);/q;;;;;;;;;-1;+1. The van der Waals surface area contributed by atoms with Gasteiger partial charge in [0.1, 0.15) is 52.0 Å². The van der Waals surface area contributed by atoms with Gasteiger partial charge in [-0.3, -0.25) is 20.2 Å².